The van der Waals surface area contributed by atoms with E-state index in [1.807, 2.05) is 12.3 Å². The molecule has 0 atom stereocenters. The van der Waals surface area contributed by atoms with Gasteiger partial charge in [-0.05, 0) is 36.6 Å². The van der Waals surface area contributed by atoms with Crippen molar-refractivity contribution in [3.8, 4) is 11.6 Å². The molecule has 0 aliphatic rings. The molecule has 0 fully saturated rings. The summed E-state index contributed by atoms with van der Waals surface area (Å²) in [4.78, 5) is 15.8. The number of carbonyl (C=O) groups is 1. The van der Waals surface area contributed by atoms with Crippen molar-refractivity contribution in [2.24, 2.45) is 5.73 Å². The molecule has 1 aromatic heterocycles. The number of rotatable bonds is 4. The summed E-state index contributed by atoms with van der Waals surface area (Å²) in [5.41, 5.74) is 5.23. The SMILES string of the molecule is CSc1cccc(Oc2nc(F)ccc2C(N)=O)c1. The first-order valence-corrected chi connectivity index (χ1v) is 6.61. The molecule has 0 unspecified atom stereocenters. The molecular formula is C13H11FN2O2S. The number of hydrogen-bond acceptors (Lipinski definition) is 4. The summed E-state index contributed by atoms with van der Waals surface area (Å²) in [7, 11) is 0. The molecule has 0 radical (unpaired) electrons. The Kier molecular flexibility index (Phi) is 4.01. The van der Waals surface area contributed by atoms with Crippen LogP contribution in [-0.2, 0) is 0 Å². The zero-order chi connectivity index (χ0) is 13.8. The lowest BCUT2D eigenvalue weighted by atomic mass is 10.2. The number of primary amides is 1. The number of nitrogens with zero attached hydrogens (tertiary/aromatic N) is 1. The average Bonchev–Trinajstić information content (AvgIpc) is 2.38. The minimum absolute atomic E-state index is 0.0379. The fourth-order valence-electron chi connectivity index (χ4n) is 1.46. The summed E-state index contributed by atoms with van der Waals surface area (Å²) in [5.74, 6) is -1.12. The number of hydrogen-bond donors (Lipinski definition) is 1. The number of pyridine rings is 1. The van der Waals surface area contributed by atoms with Crippen molar-refractivity contribution in [2.75, 3.05) is 6.26 Å². The Morgan fingerprint density at radius 3 is 2.84 bits per heavy atom. The molecule has 0 saturated carbocycles. The normalized spacial score (nSPS) is 10.2. The van der Waals surface area contributed by atoms with Gasteiger partial charge < -0.3 is 10.5 Å². The lowest BCUT2D eigenvalue weighted by molar-refractivity contribution is 0.0997. The quantitative estimate of drug-likeness (QED) is 0.690. The van der Waals surface area contributed by atoms with Crippen LogP contribution in [0.1, 0.15) is 10.4 Å². The van der Waals surface area contributed by atoms with Gasteiger partial charge in [0.15, 0.2) is 0 Å². The molecule has 0 spiro atoms. The van der Waals surface area contributed by atoms with Gasteiger partial charge in [0.05, 0.1) is 0 Å². The first-order chi connectivity index (χ1) is 9.10. The van der Waals surface area contributed by atoms with E-state index < -0.39 is 11.9 Å². The van der Waals surface area contributed by atoms with E-state index >= 15 is 0 Å². The van der Waals surface area contributed by atoms with Crippen molar-refractivity contribution >= 4 is 17.7 Å². The van der Waals surface area contributed by atoms with Crippen molar-refractivity contribution < 1.29 is 13.9 Å². The molecule has 1 amide bonds. The molecule has 0 aliphatic carbocycles. The molecule has 1 heterocycles. The average molecular weight is 278 g/mol. The fraction of sp³-hybridized carbons (Fsp3) is 0.0769. The van der Waals surface area contributed by atoms with Crippen LogP contribution in [0.4, 0.5) is 4.39 Å². The second-order valence-electron chi connectivity index (χ2n) is 3.63. The van der Waals surface area contributed by atoms with E-state index in [1.165, 1.54) is 6.07 Å². The number of carbonyl (C=O) groups excluding carboxylic acids is 1. The zero-order valence-corrected chi connectivity index (χ0v) is 10.9. The number of ether oxygens (including phenoxy) is 1. The predicted molar refractivity (Wildman–Crippen MR) is 71.0 cm³/mol. The number of aromatic nitrogens is 1. The molecule has 2 rings (SSSR count). The van der Waals surface area contributed by atoms with E-state index in [2.05, 4.69) is 4.98 Å². The Bertz CT molecular complexity index is 619. The number of amides is 1. The Labute approximate surface area is 113 Å². The molecule has 2 N–H and O–H groups in total. The lowest BCUT2D eigenvalue weighted by Crippen LogP contribution is -2.13. The summed E-state index contributed by atoms with van der Waals surface area (Å²) in [6.07, 6.45) is 1.92. The minimum atomic E-state index is -0.735. The number of nitrogens with two attached hydrogens (primary N) is 1. The van der Waals surface area contributed by atoms with Crippen LogP contribution < -0.4 is 10.5 Å². The Morgan fingerprint density at radius 1 is 1.37 bits per heavy atom. The fourth-order valence-corrected chi connectivity index (χ4v) is 1.91. The Morgan fingerprint density at radius 2 is 2.16 bits per heavy atom. The van der Waals surface area contributed by atoms with Gasteiger partial charge in [0.1, 0.15) is 11.3 Å². The van der Waals surface area contributed by atoms with Crippen LogP contribution >= 0.6 is 11.8 Å². The van der Waals surface area contributed by atoms with Crippen LogP contribution in [0.2, 0.25) is 0 Å². The standard InChI is InChI=1S/C13H11FN2O2S/c1-19-9-4-2-3-8(7-9)18-13-10(12(15)17)5-6-11(14)16-13/h2-7H,1H3,(H2,15,17). The van der Waals surface area contributed by atoms with Crippen molar-refractivity contribution in [3.05, 3.63) is 47.9 Å². The van der Waals surface area contributed by atoms with Crippen LogP contribution in [0.25, 0.3) is 0 Å². The van der Waals surface area contributed by atoms with Gasteiger partial charge in [0.25, 0.3) is 5.91 Å². The molecule has 0 saturated heterocycles. The smallest absolute Gasteiger partial charge is 0.254 e. The largest absolute Gasteiger partial charge is 0.438 e. The van der Waals surface area contributed by atoms with Gasteiger partial charge in [0, 0.05) is 4.90 Å². The van der Waals surface area contributed by atoms with E-state index in [0.717, 1.165) is 11.0 Å². The third-order valence-corrected chi connectivity index (χ3v) is 3.07. The van der Waals surface area contributed by atoms with Crippen molar-refractivity contribution in [1.82, 2.24) is 4.98 Å². The second-order valence-corrected chi connectivity index (χ2v) is 4.51. The zero-order valence-electron chi connectivity index (χ0n) is 10.1. The van der Waals surface area contributed by atoms with E-state index in [0.29, 0.717) is 5.75 Å². The van der Waals surface area contributed by atoms with Crippen LogP contribution in [0.3, 0.4) is 0 Å². The summed E-state index contributed by atoms with van der Waals surface area (Å²) in [6.45, 7) is 0. The third kappa shape index (κ3) is 3.23. The van der Waals surface area contributed by atoms with Crippen molar-refractivity contribution in [3.63, 3.8) is 0 Å². The molecule has 0 bridgehead atoms. The first-order valence-electron chi connectivity index (χ1n) is 5.38. The van der Waals surface area contributed by atoms with E-state index in [-0.39, 0.29) is 11.4 Å². The van der Waals surface area contributed by atoms with Gasteiger partial charge in [-0.3, -0.25) is 4.79 Å². The summed E-state index contributed by atoms with van der Waals surface area (Å²) in [5, 5.41) is 0. The molecule has 1 aromatic carbocycles. The van der Waals surface area contributed by atoms with Crippen LogP contribution in [0.5, 0.6) is 11.6 Å². The predicted octanol–water partition coefficient (Wildman–Crippen LogP) is 2.83. The van der Waals surface area contributed by atoms with Gasteiger partial charge in [0.2, 0.25) is 11.8 Å². The maximum absolute atomic E-state index is 13.1. The van der Waals surface area contributed by atoms with Crippen LogP contribution in [0, 0.1) is 5.95 Å². The first kappa shape index (κ1) is 13.4. The maximum atomic E-state index is 13.1. The van der Waals surface area contributed by atoms with Gasteiger partial charge in [-0.2, -0.15) is 9.37 Å². The third-order valence-electron chi connectivity index (χ3n) is 2.35. The summed E-state index contributed by atoms with van der Waals surface area (Å²) in [6, 6.07) is 9.47. The lowest BCUT2D eigenvalue weighted by Gasteiger charge is -2.08. The number of thioether (sulfide) groups is 1. The highest BCUT2D eigenvalue weighted by atomic mass is 32.2. The maximum Gasteiger partial charge on any atom is 0.254 e. The molecule has 6 heteroatoms. The minimum Gasteiger partial charge on any atom is -0.438 e. The molecule has 98 valence electrons. The van der Waals surface area contributed by atoms with Gasteiger partial charge in [-0.25, -0.2) is 0 Å². The molecule has 4 nitrogen and oxygen atoms in total. The highest BCUT2D eigenvalue weighted by Crippen LogP contribution is 2.26. The molecular weight excluding hydrogens is 267 g/mol. The highest BCUT2D eigenvalue weighted by Gasteiger charge is 2.13. The topological polar surface area (TPSA) is 65.2 Å². The van der Waals surface area contributed by atoms with Crippen LogP contribution in [0.15, 0.2) is 41.3 Å². The van der Waals surface area contributed by atoms with Gasteiger partial charge >= 0.3 is 0 Å². The van der Waals surface area contributed by atoms with E-state index in [4.69, 9.17) is 10.5 Å². The summed E-state index contributed by atoms with van der Waals surface area (Å²) >= 11 is 1.54. The van der Waals surface area contributed by atoms with Gasteiger partial charge in [-0.15, -0.1) is 11.8 Å². The highest BCUT2D eigenvalue weighted by molar-refractivity contribution is 7.98. The molecule has 19 heavy (non-hydrogen) atoms. The summed E-state index contributed by atoms with van der Waals surface area (Å²) < 4.78 is 18.5. The van der Waals surface area contributed by atoms with Gasteiger partial charge in [-0.1, -0.05) is 6.07 Å². The number of halogens is 1. The molecule has 2 aromatic rings. The van der Waals surface area contributed by atoms with E-state index in [1.54, 1.807) is 30.0 Å². The van der Waals surface area contributed by atoms with Crippen molar-refractivity contribution in [1.29, 1.82) is 0 Å². The number of benzene rings is 1. The van der Waals surface area contributed by atoms with Crippen molar-refractivity contribution in [2.45, 2.75) is 4.90 Å². The Hall–Kier alpha value is -2.08. The monoisotopic (exact) mass is 278 g/mol. The van der Waals surface area contributed by atoms with Crippen LogP contribution in [-0.4, -0.2) is 17.1 Å². The molecule has 0 aliphatic heterocycles. The van der Waals surface area contributed by atoms with E-state index in [9.17, 15) is 9.18 Å². The second kappa shape index (κ2) is 5.71. The Balaban J connectivity index is 2.36.